The molecule has 0 unspecified atom stereocenters. The highest BCUT2D eigenvalue weighted by Crippen LogP contribution is 2.37. The minimum Gasteiger partial charge on any atom is -0.380 e. The van der Waals surface area contributed by atoms with E-state index in [1.807, 2.05) is 55.6 Å². The number of aliphatic hydroxyl groups excluding tert-OH is 2. The highest BCUT2D eigenvalue weighted by molar-refractivity contribution is 7.13. The van der Waals surface area contributed by atoms with E-state index >= 15 is 0 Å². The van der Waals surface area contributed by atoms with Crippen molar-refractivity contribution in [2.75, 3.05) is 12.3 Å². The van der Waals surface area contributed by atoms with Crippen LogP contribution < -0.4 is 11.1 Å². The van der Waals surface area contributed by atoms with Crippen molar-refractivity contribution in [3.8, 4) is 5.69 Å². The number of nitrogens with two attached hydrogens (primary N) is 1. The van der Waals surface area contributed by atoms with Crippen LogP contribution in [0.2, 0.25) is 0 Å². The molecule has 11 heteroatoms. The molecule has 5 N–H and O–H groups in total. The molecule has 1 aliphatic heterocycles. The Morgan fingerprint density at radius 1 is 1.15 bits per heavy atom. The van der Waals surface area contributed by atoms with Gasteiger partial charge in [0, 0.05) is 24.3 Å². The summed E-state index contributed by atoms with van der Waals surface area (Å²) in [7, 11) is 0. The fourth-order valence-corrected chi connectivity index (χ4v) is 5.49. The summed E-state index contributed by atoms with van der Waals surface area (Å²) in [4.78, 5) is 32.2. The van der Waals surface area contributed by atoms with Crippen molar-refractivity contribution in [3.05, 3.63) is 94.3 Å². The van der Waals surface area contributed by atoms with E-state index < -0.39 is 36.1 Å². The molecule has 5 rings (SSSR count). The largest absolute Gasteiger partial charge is 0.380 e. The van der Waals surface area contributed by atoms with Gasteiger partial charge in [-0.2, -0.15) is 5.10 Å². The summed E-state index contributed by atoms with van der Waals surface area (Å²) >= 11 is 1.26. The van der Waals surface area contributed by atoms with Gasteiger partial charge in [0.1, 0.15) is 6.04 Å². The van der Waals surface area contributed by atoms with Crippen LogP contribution in [0.1, 0.15) is 47.0 Å². The predicted octanol–water partition coefficient (Wildman–Crippen LogP) is 2.29. The van der Waals surface area contributed by atoms with E-state index in [0.717, 1.165) is 27.9 Å². The lowest BCUT2D eigenvalue weighted by atomic mass is 9.89. The Hall–Kier alpha value is -4.06. The molecule has 0 fully saturated rings. The SMILES string of the molecule is Cc1ccc2c(c1)CCN(C(=O)[C@H](O)[C@@H](O)C(=O)N[C@H](C)c1ccc(-n3cccn3)cc1)[C@@H]2c1csc(N)n1. The minimum atomic E-state index is -1.95. The van der Waals surface area contributed by atoms with Crippen molar-refractivity contribution < 1.29 is 19.8 Å². The van der Waals surface area contributed by atoms with Crippen LogP contribution in [0.5, 0.6) is 0 Å². The lowest BCUT2D eigenvalue weighted by Crippen LogP contribution is -2.53. The number of amides is 2. The standard InChI is InChI=1S/C28H30N6O4S/c1-16-4-9-21-19(14-16)10-13-33(23(21)22-15-39-28(29)32-22)27(38)25(36)24(35)26(37)31-17(2)18-5-7-20(8-6-18)34-12-3-11-30-34/h3-9,11-12,14-15,17,23-25,35-36H,10,13H2,1-2H3,(H2,29,32)(H,31,37)/t17-,23+,24-,25-/m1/s1. The maximum Gasteiger partial charge on any atom is 0.255 e. The van der Waals surface area contributed by atoms with Crippen LogP contribution in [0.4, 0.5) is 5.13 Å². The number of aromatic nitrogens is 3. The molecule has 4 aromatic rings. The Bertz CT molecular complexity index is 1470. The number of carbonyl (C=O) groups is 2. The van der Waals surface area contributed by atoms with Crippen LogP contribution in [0.15, 0.2) is 66.3 Å². The number of carbonyl (C=O) groups excluding carboxylic acids is 2. The summed E-state index contributed by atoms with van der Waals surface area (Å²) < 4.78 is 1.71. The molecule has 3 heterocycles. The summed E-state index contributed by atoms with van der Waals surface area (Å²) in [6.07, 6.45) is 0.168. The minimum absolute atomic E-state index is 0.293. The molecular formula is C28H30N6O4S. The fourth-order valence-electron chi connectivity index (χ4n) is 4.91. The first-order valence-corrected chi connectivity index (χ1v) is 13.5. The molecule has 2 aromatic carbocycles. The molecule has 0 aliphatic carbocycles. The van der Waals surface area contributed by atoms with Gasteiger partial charge in [-0.15, -0.1) is 11.3 Å². The molecule has 0 spiro atoms. The summed E-state index contributed by atoms with van der Waals surface area (Å²) in [6, 6.07) is 14.1. The van der Waals surface area contributed by atoms with Crippen molar-refractivity contribution in [2.45, 2.75) is 44.6 Å². The molecule has 4 atom stereocenters. The van der Waals surface area contributed by atoms with Gasteiger partial charge < -0.3 is 26.2 Å². The molecule has 1 aliphatic rings. The molecule has 0 bridgehead atoms. The van der Waals surface area contributed by atoms with Gasteiger partial charge in [-0.05, 0) is 55.2 Å². The van der Waals surface area contributed by atoms with Gasteiger partial charge in [-0.25, -0.2) is 9.67 Å². The summed E-state index contributed by atoms with van der Waals surface area (Å²) in [5, 5.41) is 30.6. The molecule has 202 valence electrons. The number of rotatable bonds is 7. The Labute approximate surface area is 229 Å². The van der Waals surface area contributed by atoms with Gasteiger partial charge in [-0.1, -0.05) is 35.9 Å². The summed E-state index contributed by atoms with van der Waals surface area (Å²) in [5.41, 5.74) is 11.2. The average Bonchev–Trinajstić information content (AvgIpc) is 3.63. The third kappa shape index (κ3) is 5.42. The second kappa shape index (κ2) is 11.0. The van der Waals surface area contributed by atoms with E-state index in [1.165, 1.54) is 16.2 Å². The molecule has 0 saturated heterocycles. The van der Waals surface area contributed by atoms with E-state index in [2.05, 4.69) is 21.5 Å². The van der Waals surface area contributed by atoms with E-state index in [1.54, 1.807) is 23.2 Å². The Morgan fingerprint density at radius 3 is 2.59 bits per heavy atom. The number of aryl methyl sites for hydroxylation is 1. The van der Waals surface area contributed by atoms with Crippen LogP contribution in [-0.4, -0.2) is 60.4 Å². The number of anilines is 1. The quantitative estimate of drug-likeness (QED) is 0.278. The number of nitrogens with one attached hydrogen (secondary N) is 1. The van der Waals surface area contributed by atoms with E-state index in [-0.39, 0.29) is 0 Å². The van der Waals surface area contributed by atoms with Crippen LogP contribution in [0, 0.1) is 6.92 Å². The fraction of sp³-hybridized carbons (Fsp3) is 0.286. The van der Waals surface area contributed by atoms with Crippen molar-refractivity contribution in [1.82, 2.24) is 25.0 Å². The van der Waals surface area contributed by atoms with Gasteiger partial charge in [0.15, 0.2) is 17.3 Å². The highest BCUT2D eigenvalue weighted by atomic mass is 32.1. The molecule has 0 radical (unpaired) electrons. The smallest absolute Gasteiger partial charge is 0.255 e. The van der Waals surface area contributed by atoms with Crippen molar-refractivity contribution >= 4 is 28.3 Å². The molecule has 2 amide bonds. The third-order valence-corrected chi connectivity index (χ3v) is 7.66. The maximum atomic E-state index is 13.5. The monoisotopic (exact) mass is 546 g/mol. The second-order valence-electron chi connectivity index (χ2n) is 9.66. The number of nitrogen functional groups attached to an aromatic ring is 1. The predicted molar refractivity (Wildman–Crippen MR) is 147 cm³/mol. The number of nitrogens with zero attached hydrogens (tertiary/aromatic N) is 4. The van der Waals surface area contributed by atoms with Crippen LogP contribution in [0.3, 0.4) is 0 Å². The van der Waals surface area contributed by atoms with Gasteiger partial charge in [-0.3, -0.25) is 9.59 Å². The maximum absolute atomic E-state index is 13.5. The first-order chi connectivity index (χ1) is 18.7. The van der Waals surface area contributed by atoms with Crippen molar-refractivity contribution in [2.24, 2.45) is 0 Å². The Morgan fingerprint density at radius 2 is 1.92 bits per heavy atom. The number of fused-ring (bicyclic) bond motifs is 1. The second-order valence-corrected chi connectivity index (χ2v) is 10.5. The molecular weight excluding hydrogens is 516 g/mol. The molecule has 10 nitrogen and oxygen atoms in total. The Balaban J connectivity index is 1.30. The molecule has 2 aromatic heterocycles. The van der Waals surface area contributed by atoms with Crippen molar-refractivity contribution in [3.63, 3.8) is 0 Å². The number of benzene rings is 2. The highest BCUT2D eigenvalue weighted by Gasteiger charge is 2.40. The van der Waals surface area contributed by atoms with Crippen LogP contribution in [0.25, 0.3) is 5.69 Å². The zero-order valence-electron chi connectivity index (χ0n) is 21.6. The van der Waals surface area contributed by atoms with Crippen LogP contribution >= 0.6 is 11.3 Å². The lowest BCUT2D eigenvalue weighted by molar-refractivity contribution is -0.155. The molecule has 0 saturated carbocycles. The average molecular weight is 547 g/mol. The summed E-state index contributed by atoms with van der Waals surface area (Å²) in [5.74, 6) is -1.60. The summed E-state index contributed by atoms with van der Waals surface area (Å²) in [6.45, 7) is 4.05. The normalized spacial score (nSPS) is 17.2. The number of aliphatic hydroxyl groups is 2. The zero-order chi connectivity index (χ0) is 27.7. The van der Waals surface area contributed by atoms with Gasteiger partial charge in [0.05, 0.1) is 17.4 Å². The Kier molecular flexibility index (Phi) is 7.47. The third-order valence-electron chi connectivity index (χ3n) is 6.97. The van der Waals surface area contributed by atoms with E-state index in [9.17, 15) is 19.8 Å². The van der Waals surface area contributed by atoms with Gasteiger partial charge in [0.25, 0.3) is 11.8 Å². The topological polar surface area (TPSA) is 147 Å². The van der Waals surface area contributed by atoms with Crippen LogP contribution in [-0.2, 0) is 16.0 Å². The zero-order valence-corrected chi connectivity index (χ0v) is 22.4. The van der Waals surface area contributed by atoms with E-state index in [0.29, 0.717) is 23.8 Å². The first-order valence-electron chi connectivity index (χ1n) is 12.6. The van der Waals surface area contributed by atoms with Gasteiger partial charge >= 0.3 is 0 Å². The number of thiazole rings is 1. The lowest BCUT2D eigenvalue weighted by Gasteiger charge is -2.38. The van der Waals surface area contributed by atoms with Crippen molar-refractivity contribution in [1.29, 1.82) is 0 Å². The first kappa shape index (κ1) is 26.5. The molecule has 39 heavy (non-hydrogen) atoms. The van der Waals surface area contributed by atoms with Gasteiger partial charge in [0.2, 0.25) is 0 Å². The number of hydrogen-bond donors (Lipinski definition) is 4. The van der Waals surface area contributed by atoms with E-state index in [4.69, 9.17) is 5.73 Å². The number of hydrogen-bond acceptors (Lipinski definition) is 8.